The number of hydrogen-bond acceptors (Lipinski definition) is 4. The molecule has 0 bridgehead atoms. The highest BCUT2D eigenvalue weighted by molar-refractivity contribution is 5.86. The molecule has 4 heterocycles. The molecule has 1 saturated heterocycles. The predicted molar refractivity (Wildman–Crippen MR) is 115 cm³/mol. The Morgan fingerprint density at radius 1 is 0.931 bits per heavy atom. The Labute approximate surface area is 168 Å². The van der Waals surface area contributed by atoms with Gasteiger partial charge in [0.25, 0.3) is 5.56 Å². The van der Waals surface area contributed by atoms with Crippen molar-refractivity contribution in [3.05, 3.63) is 70.9 Å². The van der Waals surface area contributed by atoms with E-state index >= 15 is 0 Å². The fourth-order valence-corrected chi connectivity index (χ4v) is 4.24. The van der Waals surface area contributed by atoms with E-state index in [1.54, 1.807) is 12.4 Å². The van der Waals surface area contributed by atoms with E-state index in [-0.39, 0.29) is 5.56 Å². The molecule has 1 aliphatic heterocycles. The highest BCUT2D eigenvalue weighted by Crippen LogP contribution is 2.35. The summed E-state index contributed by atoms with van der Waals surface area (Å²) in [6.07, 6.45) is 6.97. The summed E-state index contributed by atoms with van der Waals surface area (Å²) in [6.45, 7) is 3.91. The normalized spacial score (nSPS) is 14.4. The zero-order chi connectivity index (χ0) is 19.8. The van der Waals surface area contributed by atoms with E-state index in [0.29, 0.717) is 5.56 Å². The maximum Gasteiger partial charge on any atom is 0.282 e. The lowest BCUT2D eigenvalue weighted by atomic mass is 10.1. The molecule has 0 radical (unpaired) electrons. The molecule has 29 heavy (non-hydrogen) atoms. The van der Waals surface area contributed by atoms with Gasteiger partial charge in [0.2, 0.25) is 0 Å². The molecule has 6 heteroatoms. The number of nitrogens with zero attached hydrogens (tertiary/aromatic N) is 4. The number of piperidine rings is 1. The lowest BCUT2D eigenvalue weighted by Crippen LogP contribution is -2.30. The molecule has 4 aromatic rings. The van der Waals surface area contributed by atoms with Gasteiger partial charge in [-0.25, -0.2) is 0 Å². The lowest BCUT2D eigenvalue weighted by Gasteiger charge is -2.28. The van der Waals surface area contributed by atoms with E-state index in [1.165, 1.54) is 10.9 Å². The van der Waals surface area contributed by atoms with Crippen LogP contribution in [0.3, 0.4) is 0 Å². The maximum atomic E-state index is 13.5. The predicted octanol–water partition coefficient (Wildman–Crippen LogP) is 4.05. The minimum atomic E-state index is -0.108. The molecule has 0 atom stereocenters. The summed E-state index contributed by atoms with van der Waals surface area (Å²) in [7, 11) is 0. The first-order valence-electron chi connectivity index (χ1n) is 10.1. The minimum absolute atomic E-state index is 0.108. The molecule has 1 aromatic carbocycles. The van der Waals surface area contributed by atoms with Crippen LogP contribution in [0.4, 0.5) is 5.69 Å². The van der Waals surface area contributed by atoms with Crippen LogP contribution >= 0.6 is 0 Å². The summed E-state index contributed by atoms with van der Waals surface area (Å²) < 4.78 is 1.54. The van der Waals surface area contributed by atoms with Crippen molar-refractivity contribution >= 4 is 11.3 Å². The van der Waals surface area contributed by atoms with Gasteiger partial charge in [0, 0.05) is 36.7 Å². The smallest absolute Gasteiger partial charge is 0.282 e. The van der Waals surface area contributed by atoms with Crippen molar-refractivity contribution < 1.29 is 0 Å². The fraction of sp³-hybridized carbons (Fsp3) is 0.261. The van der Waals surface area contributed by atoms with E-state index in [9.17, 15) is 4.79 Å². The molecule has 0 unspecified atom stereocenters. The highest BCUT2D eigenvalue weighted by atomic mass is 16.1. The molecular formula is C23H23N5O. The van der Waals surface area contributed by atoms with Crippen molar-refractivity contribution in [3.8, 4) is 22.4 Å². The Balaban J connectivity index is 1.80. The van der Waals surface area contributed by atoms with E-state index in [2.05, 4.69) is 27.0 Å². The van der Waals surface area contributed by atoms with Crippen LogP contribution in [0.1, 0.15) is 25.0 Å². The molecule has 0 aliphatic carbocycles. The zero-order valence-corrected chi connectivity index (χ0v) is 16.4. The van der Waals surface area contributed by atoms with Crippen LogP contribution in [-0.2, 0) is 0 Å². The third-order valence-corrected chi connectivity index (χ3v) is 5.64. The van der Waals surface area contributed by atoms with Crippen molar-refractivity contribution in [2.45, 2.75) is 26.2 Å². The molecule has 0 spiro atoms. The first-order chi connectivity index (χ1) is 14.2. The van der Waals surface area contributed by atoms with Crippen LogP contribution in [0.2, 0.25) is 0 Å². The number of rotatable bonds is 3. The summed E-state index contributed by atoms with van der Waals surface area (Å²) >= 11 is 0. The second kappa shape index (κ2) is 7.20. The Kier molecular flexibility index (Phi) is 4.39. The van der Waals surface area contributed by atoms with E-state index < -0.39 is 0 Å². The van der Waals surface area contributed by atoms with Gasteiger partial charge in [-0.2, -0.15) is 9.61 Å². The van der Waals surface area contributed by atoms with Crippen molar-refractivity contribution in [2.24, 2.45) is 0 Å². The number of pyridine rings is 1. The molecule has 0 amide bonds. The lowest BCUT2D eigenvalue weighted by molar-refractivity contribution is 0.579. The molecule has 0 saturated carbocycles. The third-order valence-electron chi connectivity index (χ3n) is 5.64. The molecule has 5 rings (SSSR count). The number of aromatic nitrogens is 4. The average Bonchev–Trinajstić information content (AvgIpc) is 3.15. The number of aromatic amines is 1. The Bertz CT molecular complexity index is 1200. The van der Waals surface area contributed by atoms with Crippen LogP contribution in [0.25, 0.3) is 28.0 Å². The van der Waals surface area contributed by atoms with Gasteiger partial charge in [0.1, 0.15) is 11.4 Å². The molecule has 1 fully saturated rings. The fourth-order valence-electron chi connectivity index (χ4n) is 4.24. The SMILES string of the molecule is Cc1[nH]c2c(N3CCCCC3)c(-c3ccccc3)nn2c(=O)c1-c1ccncc1. The quantitative estimate of drug-likeness (QED) is 0.578. The second-order valence-corrected chi connectivity index (χ2v) is 7.54. The molecule has 1 N–H and O–H groups in total. The minimum Gasteiger partial charge on any atom is -0.367 e. The number of anilines is 1. The third kappa shape index (κ3) is 3.01. The molecule has 146 valence electrons. The number of nitrogens with one attached hydrogen (secondary N) is 1. The summed E-state index contributed by atoms with van der Waals surface area (Å²) in [5.41, 5.74) is 5.88. The van der Waals surface area contributed by atoms with Crippen LogP contribution in [0, 0.1) is 6.92 Å². The van der Waals surface area contributed by atoms with Gasteiger partial charge in [0.15, 0.2) is 5.65 Å². The van der Waals surface area contributed by atoms with E-state index in [4.69, 9.17) is 5.10 Å². The summed E-state index contributed by atoms with van der Waals surface area (Å²) in [5.74, 6) is 0. The monoisotopic (exact) mass is 385 g/mol. The Hall–Kier alpha value is -3.41. The maximum absolute atomic E-state index is 13.5. The summed E-state index contributed by atoms with van der Waals surface area (Å²) in [6, 6.07) is 13.8. The van der Waals surface area contributed by atoms with Gasteiger partial charge in [-0.15, -0.1) is 0 Å². The van der Waals surface area contributed by atoms with Gasteiger partial charge in [-0.05, 0) is 43.9 Å². The molecular weight excluding hydrogens is 362 g/mol. The van der Waals surface area contributed by atoms with Crippen molar-refractivity contribution in [1.82, 2.24) is 19.6 Å². The molecule has 3 aromatic heterocycles. The molecule has 1 aliphatic rings. The Morgan fingerprint density at radius 3 is 2.38 bits per heavy atom. The van der Waals surface area contributed by atoms with Crippen molar-refractivity contribution in [3.63, 3.8) is 0 Å². The Morgan fingerprint density at radius 2 is 1.66 bits per heavy atom. The van der Waals surface area contributed by atoms with Crippen LogP contribution < -0.4 is 10.5 Å². The molecule has 6 nitrogen and oxygen atoms in total. The van der Waals surface area contributed by atoms with Crippen LogP contribution in [-0.4, -0.2) is 32.7 Å². The average molecular weight is 385 g/mol. The standard InChI is InChI=1S/C23H23N5O/c1-16-19(17-10-12-24-13-11-17)23(29)28-22(25-16)21(27-14-6-3-7-15-27)20(26-28)18-8-4-2-5-9-18/h2,4-5,8-13,25H,3,6-7,14-15H2,1H3. The number of aryl methyl sites for hydroxylation is 1. The first kappa shape index (κ1) is 17.7. The van der Waals surface area contributed by atoms with Gasteiger partial charge in [0.05, 0.1) is 5.56 Å². The van der Waals surface area contributed by atoms with E-state index in [0.717, 1.165) is 59.8 Å². The van der Waals surface area contributed by atoms with Crippen molar-refractivity contribution in [2.75, 3.05) is 18.0 Å². The topological polar surface area (TPSA) is 66.3 Å². The first-order valence-corrected chi connectivity index (χ1v) is 10.1. The second-order valence-electron chi connectivity index (χ2n) is 7.54. The van der Waals surface area contributed by atoms with Crippen molar-refractivity contribution in [1.29, 1.82) is 0 Å². The van der Waals surface area contributed by atoms with Gasteiger partial charge in [-0.3, -0.25) is 9.78 Å². The van der Waals surface area contributed by atoms with Crippen LogP contribution in [0.5, 0.6) is 0 Å². The van der Waals surface area contributed by atoms with Gasteiger partial charge in [-0.1, -0.05) is 30.3 Å². The highest BCUT2D eigenvalue weighted by Gasteiger charge is 2.25. The number of fused-ring (bicyclic) bond motifs is 1. The number of hydrogen-bond donors (Lipinski definition) is 1. The number of H-pyrrole nitrogens is 1. The van der Waals surface area contributed by atoms with E-state index in [1.807, 2.05) is 37.3 Å². The van der Waals surface area contributed by atoms with Crippen LogP contribution in [0.15, 0.2) is 59.7 Å². The summed E-state index contributed by atoms with van der Waals surface area (Å²) in [4.78, 5) is 23.4. The zero-order valence-electron chi connectivity index (χ0n) is 16.4. The number of benzene rings is 1. The largest absolute Gasteiger partial charge is 0.367 e. The summed E-state index contributed by atoms with van der Waals surface area (Å²) in [5, 5.41) is 4.80. The van der Waals surface area contributed by atoms with Gasteiger partial charge >= 0.3 is 0 Å². The van der Waals surface area contributed by atoms with Gasteiger partial charge < -0.3 is 9.88 Å².